The summed E-state index contributed by atoms with van der Waals surface area (Å²) in [6, 6.07) is 2.96. The maximum atomic E-state index is 14.6. The van der Waals surface area contributed by atoms with Gasteiger partial charge < -0.3 is 5.11 Å². The second-order valence-corrected chi connectivity index (χ2v) is 8.02. The largest absolute Gasteiger partial charge is 0.381 e. The van der Waals surface area contributed by atoms with Gasteiger partial charge in [-0.3, -0.25) is 4.90 Å². The van der Waals surface area contributed by atoms with Crippen LogP contribution in [0.4, 0.5) is 8.78 Å². The number of benzene rings is 1. The Bertz CT molecular complexity index is 840. The average molecular weight is 388 g/mol. The SMILES string of the molecule is CC(N1CCC(=CC2CC2)CC1)C(O)(Cn1cncn1)c1ccc(F)cc1F. The van der Waals surface area contributed by atoms with E-state index >= 15 is 0 Å². The summed E-state index contributed by atoms with van der Waals surface area (Å²) in [7, 11) is 0. The number of likely N-dealkylation sites (tertiary alicyclic amines) is 1. The van der Waals surface area contributed by atoms with Gasteiger partial charge in [0.05, 0.1) is 6.54 Å². The molecule has 1 saturated heterocycles. The van der Waals surface area contributed by atoms with E-state index in [9.17, 15) is 13.9 Å². The Morgan fingerprint density at radius 2 is 2.04 bits per heavy atom. The molecule has 1 aromatic heterocycles. The van der Waals surface area contributed by atoms with Crippen molar-refractivity contribution >= 4 is 0 Å². The number of aliphatic hydroxyl groups is 1. The lowest BCUT2D eigenvalue weighted by Crippen LogP contribution is -2.53. The molecule has 2 unspecified atom stereocenters. The summed E-state index contributed by atoms with van der Waals surface area (Å²) in [6.07, 6.45) is 9.80. The monoisotopic (exact) mass is 388 g/mol. The van der Waals surface area contributed by atoms with Crippen molar-refractivity contribution in [1.82, 2.24) is 19.7 Å². The fourth-order valence-corrected chi connectivity index (χ4v) is 4.11. The van der Waals surface area contributed by atoms with Crippen LogP contribution < -0.4 is 0 Å². The van der Waals surface area contributed by atoms with Crippen LogP contribution in [-0.4, -0.2) is 43.9 Å². The summed E-state index contributed by atoms with van der Waals surface area (Å²) in [5.41, 5.74) is -0.00151. The van der Waals surface area contributed by atoms with Gasteiger partial charge in [-0.1, -0.05) is 17.7 Å². The van der Waals surface area contributed by atoms with Gasteiger partial charge in [0.1, 0.15) is 29.9 Å². The van der Waals surface area contributed by atoms with Crippen molar-refractivity contribution in [1.29, 1.82) is 0 Å². The third kappa shape index (κ3) is 4.00. The van der Waals surface area contributed by atoms with Crippen LogP contribution >= 0.6 is 0 Å². The number of hydrogen-bond acceptors (Lipinski definition) is 4. The first-order valence-corrected chi connectivity index (χ1v) is 9.89. The Labute approximate surface area is 163 Å². The molecule has 2 heterocycles. The first kappa shape index (κ1) is 19.2. The van der Waals surface area contributed by atoms with E-state index in [0.29, 0.717) is 0 Å². The highest BCUT2D eigenvalue weighted by molar-refractivity contribution is 5.27. The number of halogens is 2. The zero-order valence-electron chi connectivity index (χ0n) is 16.1. The Morgan fingerprint density at radius 3 is 2.64 bits per heavy atom. The highest BCUT2D eigenvalue weighted by atomic mass is 19.1. The molecule has 2 fully saturated rings. The molecule has 2 aliphatic rings. The lowest BCUT2D eigenvalue weighted by molar-refractivity contribution is -0.0657. The Hall–Kier alpha value is -2.12. The Morgan fingerprint density at radius 1 is 1.29 bits per heavy atom. The van der Waals surface area contributed by atoms with Gasteiger partial charge in [0.2, 0.25) is 0 Å². The van der Waals surface area contributed by atoms with Crippen LogP contribution in [0.5, 0.6) is 0 Å². The van der Waals surface area contributed by atoms with Crippen LogP contribution in [0.3, 0.4) is 0 Å². The van der Waals surface area contributed by atoms with Crippen LogP contribution in [0.15, 0.2) is 42.5 Å². The summed E-state index contributed by atoms with van der Waals surface area (Å²) in [6.45, 7) is 3.55. The maximum Gasteiger partial charge on any atom is 0.137 e. The van der Waals surface area contributed by atoms with E-state index in [1.807, 2.05) is 6.92 Å². The molecule has 150 valence electrons. The van der Waals surface area contributed by atoms with E-state index in [1.165, 1.54) is 47.9 Å². The lowest BCUT2D eigenvalue weighted by atomic mass is 9.84. The van der Waals surface area contributed by atoms with E-state index in [2.05, 4.69) is 21.1 Å². The Balaban J connectivity index is 1.59. The smallest absolute Gasteiger partial charge is 0.137 e. The molecule has 2 aromatic rings. The third-order valence-corrected chi connectivity index (χ3v) is 6.04. The third-order valence-electron chi connectivity index (χ3n) is 6.04. The molecule has 1 aliphatic carbocycles. The second kappa shape index (κ2) is 7.72. The predicted octanol–water partition coefficient (Wildman–Crippen LogP) is 3.26. The fraction of sp³-hybridized carbons (Fsp3) is 0.524. The highest BCUT2D eigenvalue weighted by Gasteiger charge is 2.42. The molecule has 0 spiro atoms. The van der Waals surface area contributed by atoms with Gasteiger partial charge in [0.15, 0.2) is 0 Å². The molecule has 2 atom stereocenters. The van der Waals surface area contributed by atoms with E-state index in [1.54, 1.807) is 0 Å². The van der Waals surface area contributed by atoms with Gasteiger partial charge in [0.25, 0.3) is 0 Å². The van der Waals surface area contributed by atoms with Crippen LogP contribution in [0.25, 0.3) is 0 Å². The molecular weight excluding hydrogens is 362 g/mol. The highest BCUT2D eigenvalue weighted by Crippen LogP contribution is 2.36. The number of rotatable bonds is 6. The number of allylic oxidation sites excluding steroid dienone is 1. The molecule has 7 heteroatoms. The van der Waals surface area contributed by atoms with Crippen molar-refractivity contribution in [3.8, 4) is 0 Å². The number of piperidine rings is 1. The van der Waals surface area contributed by atoms with Gasteiger partial charge in [-0.05, 0) is 44.6 Å². The molecule has 1 N–H and O–H groups in total. The first-order valence-electron chi connectivity index (χ1n) is 9.89. The molecule has 1 aromatic carbocycles. The van der Waals surface area contributed by atoms with E-state index < -0.39 is 17.2 Å². The van der Waals surface area contributed by atoms with E-state index in [0.717, 1.165) is 37.9 Å². The van der Waals surface area contributed by atoms with Crippen molar-refractivity contribution in [2.45, 2.75) is 50.8 Å². The molecule has 1 aliphatic heterocycles. The molecular formula is C21H26F2N4O. The standard InChI is InChI=1S/C21H26F2N4O/c1-15(26-8-6-17(7-9-26)10-16-2-3-16)21(28,12-27-14-24-13-25-27)19-5-4-18(22)11-20(19)23/h4-5,10-11,13-16,28H,2-3,6-9,12H2,1H3. The molecule has 0 radical (unpaired) electrons. The summed E-state index contributed by atoms with van der Waals surface area (Å²) >= 11 is 0. The predicted molar refractivity (Wildman–Crippen MR) is 101 cm³/mol. The molecule has 0 amide bonds. The number of aromatic nitrogens is 3. The van der Waals surface area contributed by atoms with Crippen molar-refractivity contribution in [3.63, 3.8) is 0 Å². The number of hydrogen-bond donors (Lipinski definition) is 1. The average Bonchev–Trinajstić information content (AvgIpc) is 3.34. The maximum absolute atomic E-state index is 14.6. The van der Waals surface area contributed by atoms with E-state index in [4.69, 9.17) is 0 Å². The van der Waals surface area contributed by atoms with Gasteiger partial charge >= 0.3 is 0 Å². The zero-order chi connectivity index (χ0) is 19.7. The van der Waals surface area contributed by atoms with E-state index in [-0.39, 0.29) is 18.2 Å². The minimum Gasteiger partial charge on any atom is -0.381 e. The molecule has 1 saturated carbocycles. The molecule has 28 heavy (non-hydrogen) atoms. The molecule has 4 rings (SSSR count). The Kier molecular flexibility index (Phi) is 5.29. The molecule has 0 bridgehead atoms. The summed E-state index contributed by atoms with van der Waals surface area (Å²) in [5.74, 6) is -0.651. The quantitative estimate of drug-likeness (QED) is 0.772. The van der Waals surface area contributed by atoms with Gasteiger partial charge in [-0.2, -0.15) is 5.10 Å². The van der Waals surface area contributed by atoms with Crippen molar-refractivity contribution in [2.24, 2.45) is 5.92 Å². The minimum atomic E-state index is -1.57. The van der Waals surface area contributed by atoms with Crippen molar-refractivity contribution in [3.05, 3.63) is 59.7 Å². The minimum absolute atomic E-state index is 0.0397. The second-order valence-electron chi connectivity index (χ2n) is 8.02. The number of nitrogens with zero attached hydrogens (tertiary/aromatic N) is 4. The van der Waals surface area contributed by atoms with Crippen molar-refractivity contribution in [2.75, 3.05) is 13.1 Å². The van der Waals surface area contributed by atoms with Gasteiger partial charge in [0, 0.05) is 30.8 Å². The van der Waals surface area contributed by atoms with Crippen molar-refractivity contribution < 1.29 is 13.9 Å². The lowest BCUT2D eigenvalue weighted by Gasteiger charge is -2.43. The fourth-order valence-electron chi connectivity index (χ4n) is 4.11. The van der Waals surface area contributed by atoms with Crippen LogP contribution in [0.2, 0.25) is 0 Å². The van der Waals surface area contributed by atoms with Crippen LogP contribution in [0, 0.1) is 17.6 Å². The molecule has 5 nitrogen and oxygen atoms in total. The summed E-state index contributed by atoms with van der Waals surface area (Å²) in [4.78, 5) is 6.10. The van der Waals surface area contributed by atoms with Gasteiger partial charge in [-0.25, -0.2) is 18.4 Å². The first-order chi connectivity index (χ1) is 13.5. The summed E-state index contributed by atoms with van der Waals surface area (Å²) in [5, 5.41) is 15.7. The van der Waals surface area contributed by atoms with Gasteiger partial charge in [-0.15, -0.1) is 0 Å². The summed E-state index contributed by atoms with van der Waals surface area (Å²) < 4.78 is 29.6. The normalized spacial score (nSPS) is 21.4. The topological polar surface area (TPSA) is 54.2 Å². The zero-order valence-corrected chi connectivity index (χ0v) is 16.1. The van der Waals surface area contributed by atoms with Crippen LogP contribution in [-0.2, 0) is 12.1 Å². The van der Waals surface area contributed by atoms with Crippen LogP contribution in [0.1, 0.15) is 38.2 Å².